The third kappa shape index (κ3) is 5.66. The molecule has 0 aliphatic carbocycles. The maximum atomic E-state index is 5.28. The van der Waals surface area contributed by atoms with Crippen LogP contribution in [0.25, 0.3) is 120 Å². The summed E-state index contributed by atoms with van der Waals surface area (Å²) in [5.41, 5.74) is 11.8. The number of nitrogens with zero attached hydrogens (tertiary/aromatic N) is 5. The summed E-state index contributed by atoms with van der Waals surface area (Å²) in [7, 11) is 0. The predicted molar refractivity (Wildman–Crippen MR) is 263 cm³/mol. The molecule has 6 heteroatoms. The van der Waals surface area contributed by atoms with Crippen molar-refractivity contribution in [3.63, 3.8) is 0 Å². The molecule has 0 atom stereocenters. The van der Waals surface area contributed by atoms with Crippen LogP contribution in [0.2, 0.25) is 0 Å². The standard InChI is InChI=1S/C57H35N5S/c1-4-17-36(18-5-1)55-58-56(37-19-6-2-7-20-37)60-57(59-55)39-33-38(42-26-16-29-50-52(42)47-25-11-14-28-49(47)61(50)40-21-8-3-9-22-40)34-41(35-39)62-48-27-13-10-23-43(48)45-31-32-46-44-24-12-15-30-51(44)63-54(46)53(45)62/h1-35H. The van der Waals surface area contributed by atoms with Crippen LogP contribution in [0, 0.1) is 0 Å². The molecule has 4 aromatic heterocycles. The van der Waals surface area contributed by atoms with Gasteiger partial charge in [-0.25, -0.2) is 15.0 Å². The molecule has 0 amide bonds. The highest BCUT2D eigenvalue weighted by molar-refractivity contribution is 7.26. The first kappa shape index (κ1) is 35.6. The van der Waals surface area contributed by atoms with Crippen LogP contribution in [0.5, 0.6) is 0 Å². The molecule has 0 saturated carbocycles. The van der Waals surface area contributed by atoms with Crippen LogP contribution in [0.4, 0.5) is 0 Å². The van der Waals surface area contributed by atoms with E-state index in [0.717, 1.165) is 55.7 Å². The lowest BCUT2D eigenvalue weighted by molar-refractivity contribution is 1.07. The van der Waals surface area contributed by atoms with Crippen LogP contribution in [0.15, 0.2) is 212 Å². The summed E-state index contributed by atoms with van der Waals surface area (Å²) in [5, 5.41) is 7.37. The number of aromatic nitrogens is 5. The zero-order chi connectivity index (χ0) is 41.4. The summed E-state index contributed by atoms with van der Waals surface area (Å²) >= 11 is 1.86. The fraction of sp³-hybridized carbons (Fsp3) is 0. The lowest BCUT2D eigenvalue weighted by atomic mass is 9.96. The highest BCUT2D eigenvalue weighted by Crippen LogP contribution is 2.45. The van der Waals surface area contributed by atoms with Crippen molar-refractivity contribution in [3.8, 4) is 56.7 Å². The fourth-order valence-corrected chi connectivity index (χ4v) is 10.8. The van der Waals surface area contributed by atoms with Crippen molar-refractivity contribution in [1.82, 2.24) is 24.1 Å². The second-order valence-corrected chi connectivity index (χ2v) is 17.0. The van der Waals surface area contributed by atoms with Gasteiger partial charge in [0.05, 0.1) is 26.8 Å². The highest BCUT2D eigenvalue weighted by atomic mass is 32.1. The smallest absolute Gasteiger partial charge is 0.164 e. The van der Waals surface area contributed by atoms with Gasteiger partial charge in [-0.1, -0.05) is 158 Å². The van der Waals surface area contributed by atoms with E-state index in [-0.39, 0.29) is 0 Å². The molecule has 0 saturated heterocycles. The van der Waals surface area contributed by atoms with Crippen molar-refractivity contribution in [2.24, 2.45) is 0 Å². The SMILES string of the molecule is c1ccc(-c2nc(-c3ccccc3)nc(-c3cc(-c4cccc5c4c4ccccc4n5-c4ccccc4)cc(-n4c5ccccc5c5ccc6c7ccccc7sc6c54)c3)n2)cc1. The van der Waals surface area contributed by atoms with Gasteiger partial charge < -0.3 is 9.13 Å². The third-order valence-electron chi connectivity index (χ3n) is 12.3. The van der Waals surface area contributed by atoms with Gasteiger partial charge in [0, 0.05) is 65.1 Å². The Balaban J connectivity index is 1.16. The van der Waals surface area contributed by atoms with E-state index in [0.29, 0.717) is 17.5 Å². The number of thiophene rings is 1. The lowest BCUT2D eigenvalue weighted by Crippen LogP contribution is -2.02. The number of rotatable bonds is 6. The molecule has 13 rings (SSSR count). The Morgan fingerprint density at radius 3 is 1.59 bits per heavy atom. The van der Waals surface area contributed by atoms with Crippen LogP contribution in [-0.4, -0.2) is 24.1 Å². The van der Waals surface area contributed by atoms with Crippen LogP contribution in [0.3, 0.4) is 0 Å². The predicted octanol–water partition coefficient (Wildman–Crippen LogP) is 15.1. The number of fused-ring (bicyclic) bond motifs is 10. The minimum atomic E-state index is 0.609. The molecular formula is C57H35N5S. The molecule has 0 N–H and O–H groups in total. The summed E-state index contributed by atoms with van der Waals surface area (Å²) in [5.74, 6) is 1.86. The molecule has 5 nitrogen and oxygen atoms in total. The average molecular weight is 822 g/mol. The Hall–Kier alpha value is -8.19. The molecule has 0 bridgehead atoms. The first-order chi connectivity index (χ1) is 31.2. The molecule has 0 unspecified atom stereocenters. The molecule has 0 aliphatic heterocycles. The third-order valence-corrected chi connectivity index (χ3v) is 13.5. The minimum Gasteiger partial charge on any atom is -0.309 e. The molecule has 13 aromatic rings. The van der Waals surface area contributed by atoms with Gasteiger partial charge in [-0.2, -0.15) is 0 Å². The van der Waals surface area contributed by atoms with Gasteiger partial charge in [0.15, 0.2) is 17.5 Å². The zero-order valence-electron chi connectivity index (χ0n) is 33.9. The van der Waals surface area contributed by atoms with E-state index in [1.807, 2.05) is 47.7 Å². The summed E-state index contributed by atoms with van der Waals surface area (Å²) < 4.78 is 7.40. The van der Waals surface area contributed by atoms with Gasteiger partial charge in [0.1, 0.15) is 0 Å². The van der Waals surface area contributed by atoms with E-state index in [1.165, 1.54) is 47.2 Å². The summed E-state index contributed by atoms with van der Waals surface area (Å²) in [6, 6.07) is 75.6. The van der Waals surface area contributed by atoms with Gasteiger partial charge in [-0.15, -0.1) is 11.3 Å². The Bertz CT molecular complexity index is 3850. The van der Waals surface area contributed by atoms with Crippen molar-refractivity contribution >= 4 is 75.1 Å². The number of benzene rings is 9. The summed E-state index contributed by atoms with van der Waals surface area (Å²) in [6.45, 7) is 0. The van der Waals surface area contributed by atoms with Crippen molar-refractivity contribution in [3.05, 3.63) is 212 Å². The molecule has 4 heterocycles. The van der Waals surface area contributed by atoms with Crippen molar-refractivity contribution in [2.75, 3.05) is 0 Å². The Labute approximate surface area is 366 Å². The van der Waals surface area contributed by atoms with Crippen molar-refractivity contribution in [2.45, 2.75) is 0 Å². The Morgan fingerprint density at radius 1 is 0.333 bits per heavy atom. The normalized spacial score (nSPS) is 11.8. The molecule has 9 aromatic carbocycles. The molecular weight excluding hydrogens is 787 g/mol. The van der Waals surface area contributed by atoms with E-state index >= 15 is 0 Å². The van der Waals surface area contributed by atoms with Crippen LogP contribution < -0.4 is 0 Å². The molecule has 0 fully saturated rings. The van der Waals surface area contributed by atoms with Gasteiger partial charge >= 0.3 is 0 Å². The first-order valence-electron chi connectivity index (χ1n) is 21.2. The maximum Gasteiger partial charge on any atom is 0.164 e. The van der Waals surface area contributed by atoms with E-state index in [9.17, 15) is 0 Å². The molecule has 0 aliphatic rings. The van der Waals surface area contributed by atoms with Crippen LogP contribution >= 0.6 is 11.3 Å². The van der Waals surface area contributed by atoms with Crippen LogP contribution in [-0.2, 0) is 0 Å². The maximum absolute atomic E-state index is 5.28. The van der Waals surface area contributed by atoms with E-state index in [4.69, 9.17) is 15.0 Å². The molecule has 0 radical (unpaired) electrons. The Morgan fingerprint density at radius 2 is 0.873 bits per heavy atom. The van der Waals surface area contributed by atoms with Gasteiger partial charge in [0.25, 0.3) is 0 Å². The van der Waals surface area contributed by atoms with Crippen molar-refractivity contribution in [1.29, 1.82) is 0 Å². The molecule has 294 valence electrons. The summed E-state index contributed by atoms with van der Waals surface area (Å²) in [4.78, 5) is 15.6. The molecule has 0 spiro atoms. The van der Waals surface area contributed by atoms with Gasteiger partial charge in [-0.3, -0.25) is 0 Å². The van der Waals surface area contributed by atoms with E-state index in [2.05, 4.69) is 185 Å². The monoisotopic (exact) mass is 821 g/mol. The van der Waals surface area contributed by atoms with E-state index in [1.54, 1.807) is 0 Å². The molecule has 63 heavy (non-hydrogen) atoms. The minimum absolute atomic E-state index is 0.609. The van der Waals surface area contributed by atoms with Crippen LogP contribution in [0.1, 0.15) is 0 Å². The quantitative estimate of drug-likeness (QED) is 0.168. The fourth-order valence-electron chi connectivity index (χ4n) is 9.58. The zero-order valence-corrected chi connectivity index (χ0v) is 34.7. The van der Waals surface area contributed by atoms with Gasteiger partial charge in [0.2, 0.25) is 0 Å². The van der Waals surface area contributed by atoms with Gasteiger partial charge in [-0.05, 0) is 65.7 Å². The van der Waals surface area contributed by atoms with E-state index < -0.39 is 0 Å². The summed E-state index contributed by atoms with van der Waals surface area (Å²) in [6.07, 6.45) is 0. The number of para-hydroxylation sites is 3. The second-order valence-electron chi connectivity index (χ2n) is 16.0. The topological polar surface area (TPSA) is 48.5 Å². The highest BCUT2D eigenvalue weighted by Gasteiger charge is 2.22. The van der Waals surface area contributed by atoms with Crippen molar-refractivity contribution < 1.29 is 0 Å². The lowest BCUT2D eigenvalue weighted by Gasteiger charge is -2.15. The Kier molecular flexibility index (Phi) is 8.01. The number of hydrogen-bond donors (Lipinski definition) is 0. The average Bonchev–Trinajstić information content (AvgIpc) is 4.03. The first-order valence-corrected chi connectivity index (χ1v) is 22.0. The largest absolute Gasteiger partial charge is 0.309 e. The number of hydrogen-bond acceptors (Lipinski definition) is 4. The second kappa shape index (κ2) is 14.2.